The largest absolute Gasteiger partial charge is 0.354 e. The molecule has 3 rings (SSSR count). The van der Waals surface area contributed by atoms with Gasteiger partial charge in [0.05, 0.1) is 17.2 Å². The molecule has 0 spiro atoms. The molecule has 2 amide bonds. The molecular formula is C18H19N5O4S. The Hall–Kier alpha value is -3.11. The molecule has 1 aromatic carbocycles. The standard InChI is InChI=1S/C18H19N5O4S/c1-12(24)20-18-21-15(7-4-13-2-5-14(6-3-13)23(26)27)16(28-18)10-22-9-8-19-17(25)11-22/h2-7H,8-11H2,1H3,(H,19,25)(H,20,21,24)/b7-4-. The number of benzene rings is 1. The number of nitrogens with one attached hydrogen (secondary N) is 2. The second-order valence-corrected chi connectivity index (χ2v) is 7.33. The van der Waals surface area contributed by atoms with E-state index >= 15 is 0 Å². The fraction of sp³-hybridized carbons (Fsp3) is 0.278. The van der Waals surface area contributed by atoms with Crippen LogP contribution in [0, 0.1) is 10.1 Å². The molecule has 0 bridgehead atoms. The number of hydrogen-bond acceptors (Lipinski definition) is 7. The van der Waals surface area contributed by atoms with E-state index in [9.17, 15) is 19.7 Å². The summed E-state index contributed by atoms with van der Waals surface area (Å²) in [6.07, 6.45) is 3.62. The fourth-order valence-corrected chi connectivity index (χ4v) is 3.76. The molecule has 1 fully saturated rings. The number of nitro groups is 1. The lowest BCUT2D eigenvalue weighted by atomic mass is 10.2. The summed E-state index contributed by atoms with van der Waals surface area (Å²) in [6, 6.07) is 6.20. The Bertz CT molecular complexity index is 923. The van der Waals surface area contributed by atoms with Gasteiger partial charge in [0, 0.05) is 43.6 Å². The first kappa shape index (κ1) is 19.6. The van der Waals surface area contributed by atoms with Gasteiger partial charge in [0.2, 0.25) is 11.8 Å². The minimum Gasteiger partial charge on any atom is -0.354 e. The molecule has 28 heavy (non-hydrogen) atoms. The second-order valence-electron chi connectivity index (χ2n) is 6.25. The summed E-state index contributed by atoms with van der Waals surface area (Å²) in [5.74, 6) is -0.218. The summed E-state index contributed by atoms with van der Waals surface area (Å²) in [4.78, 5) is 40.7. The third-order valence-corrected chi connectivity index (χ3v) is 5.00. The van der Waals surface area contributed by atoms with E-state index in [-0.39, 0.29) is 17.5 Å². The van der Waals surface area contributed by atoms with Crippen molar-refractivity contribution in [2.45, 2.75) is 13.5 Å². The van der Waals surface area contributed by atoms with E-state index in [2.05, 4.69) is 15.6 Å². The normalized spacial score (nSPS) is 14.8. The number of aromatic nitrogens is 1. The molecule has 0 radical (unpaired) electrons. The molecule has 1 aliphatic rings. The highest BCUT2D eigenvalue weighted by Crippen LogP contribution is 2.27. The van der Waals surface area contributed by atoms with Gasteiger partial charge in [-0.2, -0.15) is 0 Å². The third-order valence-electron chi connectivity index (χ3n) is 4.03. The maximum absolute atomic E-state index is 11.6. The van der Waals surface area contributed by atoms with Gasteiger partial charge < -0.3 is 10.6 Å². The van der Waals surface area contributed by atoms with E-state index in [1.165, 1.54) is 30.4 Å². The van der Waals surface area contributed by atoms with Crippen LogP contribution in [0.5, 0.6) is 0 Å². The van der Waals surface area contributed by atoms with Crippen LogP contribution in [0.4, 0.5) is 10.8 Å². The maximum atomic E-state index is 11.6. The van der Waals surface area contributed by atoms with Crippen molar-refractivity contribution < 1.29 is 14.5 Å². The van der Waals surface area contributed by atoms with E-state index in [0.717, 1.165) is 17.0 Å². The fourth-order valence-electron chi connectivity index (χ4n) is 2.72. The highest BCUT2D eigenvalue weighted by molar-refractivity contribution is 7.16. The Labute approximate surface area is 165 Å². The van der Waals surface area contributed by atoms with Crippen LogP contribution in [-0.4, -0.2) is 46.3 Å². The van der Waals surface area contributed by atoms with Gasteiger partial charge >= 0.3 is 0 Å². The molecule has 9 nitrogen and oxygen atoms in total. The number of hydrogen-bond donors (Lipinski definition) is 2. The van der Waals surface area contributed by atoms with Crippen LogP contribution in [0.1, 0.15) is 23.1 Å². The van der Waals surface area contributed by atoms with Crippen molar-refractivity contribution in [1.82, 2.24) is 15.2 Å². The molecule has 1 saturated heterocycles. The molecule has 1 aromatic heterocycles. The van der Waals surface area contributed by atoms with Gasteiger partial charge in [-0.1, -0.05) is 17.4 Å². The molecule has 2 aromatic rings. The van der Waals surface area contributed by atoms with E-state index in [0.29, 0.717) is 30.5 Å². The van der Waals surface area contributed by atoms with E-state index < -0.39 is 4.92 Å². The number of carbonyl (C=O) groups excluding carboxylic acids is 2. The SMILES string of the molecule is CC(=O)Nc1nc(/C=C\c2ccc([N+](=O)[O-])cc2)c(CN2CCNC(=O)C2)s1. The summed E-state index contributed by atoms with van der Waals surface area (Å²) in [5.41, 5.74) is 1.52. The Morgan fingerprint density at radius 2 is 2.14 bits per heavy atom. The highest BCUT2D eigenvalue weighted by Gasteiger charge is 2.19. The third kappa shape index (κ3) is 5.21. The van der Waals surface area contributed by atoms with Crippen molar-refractivity contribution in [3.05, 3.63) is 50.5 Å². The van der Waals surface area contributed by atoms with Gasteiger partial charge in [0.15, 0.2) is 5.13 Å². The lowest BCUT2D eigenvalue weighted by molar-refractivity contribution is -0.384. The number of rotatable bonds is 6. The van der Waals surface area contributed by atoms with Crippen LogP contribution in [0.15, 0.2) is 24.3 Å². The van der Waals surface area contributed by atoms with Crippen molar-refractivity contribution >= 4 is 46.1 Å². The van der Waals surface area contributed by atoms with Gasteiger partial charge in [0.1, 0.15) is 0 Å². The molecule has 0 unspecified atom stereocenters. The van der Waals surface area contributed by atoms with Gasteiger partial charge in [-0.3, -0.25) is 24.6 Å². The van der Waals surface area contributed by atoms with Crippen LogP contribution in [0.2, 0.25) is 0 Å². The predicted molar refractivity (Wildman–Crippen MR) is 107 cm³/mol. The number of carbonyl (C=O) groups is 2. The smallest absolute Gasteiger partial charge is 0.269 e. The first-order valence-corrected chi connectivity index (χ1v) is 9.41. The average Bonchev–Trinajstić information content (AvgIpc) is 3.00. The summed E-state index contributed by atoms with van der Waals surface area (Å²) in [7, 11) is 0. The van der Waals surface area contributed by atoms with Crippen LogP contribution in [0.25, 0.3) is 12.2 Å². The van der Waals surface area contributed by atoms with Gasteiger partial charge in [-0.15, -0.1) is 0 Å². The minimum absolute atomic E-state index is 0.0131. The van der Waals surface area contributed by atoms with Crippen LogP contribution < -0.4 is 10.6 Å². The average molecular weight is 401 g/mol. The van der Waals surface area contributed by atoms with Crippen molar-refractivity contribution in [1.29, 1.82) is 0 Å². The van der Waals surface area contributed by atoms with Crippen LogP contribution in [-0.2, 0) is 16.1 Å². The molecule has 1 aliphatic heterocycles. The topological polar surface area (TPSA) is 117 Å². The Kier molecular flexibility index (Phi) is 6.12. The summed E-state index contributed by atoms with van der Waals surface area (Å²) < 4.78 is 0. The summed E-state index contributed by atoms with van der Waals surface area (Å²) in [5, 5.41) is 16.7. The lowest BCUT2D eigenvalue weighted by Gasteiger charge is -2.25. The number of thiazole rings is 1. The van der Waals surface area contributed by atoms with Crippen molar-refractivity contribution in [3.63, 3.8) is 0 Å². The molecule has 0 aliphatic carbocycles. The molecule has 2 N–H and O–H groups in total. The Balaban J connectivity index is 1.80. The quantitative estimate of drug-likeness (QED) is 0.565. The zero-order valence-electron chi connectivity index (χ0n) is 15.2. The Morgan fingerprint density at radius 1 is 1.39 bits per heavy atom. The molecule has 146 valence electrons. The minimum atomic E-state index is -0.444. The number of nitrogens with zero attached hydrogens (tertiary/aromatic N) is 3. The summed E-state index contributed by atoms with van der Waals surface area (Å²) >= 11 is 1.37. The van der Waals surface area contributed by atoms with Crippen LogP contribution in [0.3, 0.4) is 0 Å². The van der Waals surface area contributed by atoms with Gasteiger partial charge in [-0.05, 0) is 23.8 Å². The zero-order chi connectivity index (χ0) is 20.1. The molecule has 0 atom stereocenters. The van der Waals surface area contributed by atoms with E-state index in [4.69, 9.17) is 0 Å². The summed E-state index contributed by atoms with van der Waals surface area (Å²) in [6.45, 7) is 3.63. The molecule has 0 saturated carbocycles. The number of anilines is 1. The molecule has 10 heteroatoms. The zero-order valence-corrected chi connectivity index (χ0v) is 16.0. The van der Waals surface area contributed by atoms with Crippen LogP contribution >= 0.6 is 11.3 Å². The Morgan fingerprint density at radius 3 is 2.79 bits per heavy atom. The van der Waals surface area contributed by atoms with E-state index in [1.54, 1.807) is 12.1 Å². The predicted octanol–water partition coefficient (Wildman–Crippen LogP) is 2.11. The molecular weight excluding hydrogens is 382 g/mol. The first-order chi connectivity index (χ1) is 13.4. The van der Waals surface area contributed by atoms with Crippen molar-refractivity contribution in [3.8, 4) is 0 Å². The number of piperazine rings is 1. The molecule has 2 heterocycles. The van der Waals surface area contributed by atoms with Gasteiger partial charge in [0.25, 0.3) is 5.69 Å². The monoisotopic (exact) mass is 401 g/mol. The highest BCUT2D eigenvalue weighted by atomic mass is 32.1. The first-order valence-electron chi connectivity index (χ1n) is 8.59. The number of nitro benzene ring substituents is 1. The van der Waals surface area contributed by atoms with E-state index in [1.807, 2.05) is 17.1 Å². The number of non-ortho nitro benzene ring substituents is 1. The lowest BCUT2D eigenvalue weighted by Crippen LogP contribution is -2.47. The number of amides is 2. The maximum Gasteiger partial charge on any atom is 0.269 e. The van der Waals surface area contributed by atoms with Gasteiger partial charge in [-0.25, -0.2) is 4.98 Å². The van der Waals surface area contributed by atoms with Crippen molar-refractivity contribution in [2.75, 3.05) is 25.0 Å². The second kappa shape index (κ2) is 8.72. The van der Waals surface area contributed by atoms with Crippen molar-refractivity contribution in [2.24, 2.45) is 0 Å².